The predicted molar refractivity (Wildman–Crippen MR) is 90.6 cm³/mol. The minimum absolute atomic E-state index is 0.143. The summed E-state index contributed by atoms with van der Waals surface area (Å²) in [7, 11) is 0. The van der Waals surface area contributed by atoms with E-state index in [0.717, 1.165) is 18.4 Å². The Morgan fingerprint density at radius 2 is 2.04 bits per heavy atom. The van der Waals surface area contributed by atoms with Crippen molar-refractivity contribution in [3.05, 3.63) is 29.6 Å². The normalized spacial score (nSPS) is 23.7. The Balaban J connectivity index is 1.60. The average molecular weight is 346 g/mol. The van der Waals surface area contributed by atoms with E-state index in [1.807, 2.05) is 4.90 Å². The van der Waals surface area contributed by atoms with Crippen LogP contribution in [-0.2, 0) is 16.1 Å². The molecule has 1 aromatic carbocycles. The van der Waals surface area contributed by atoms with Crippen LogP contribution in [-0.4, -0.2) is 36.1 Å². The quantitative estimate of drug-likeness (QED) is 0.824. The van der Waals surface area contributed by atoms with Crippen LogP contribution in [0.5, 0.6) is 0 Å². The fourth-order valence-corrected chi connectivity index (χ4v) is 4.26. The lowest BCUT2D eigenvalue weighted by atomic mass is 10.0. The van der Waals surface area contributed by atoms with Crippen molar-refractivity contribution < 1.29 is 18.7 Å². The van der Waals surface area contributed by atoms with Crippen LogP contribution in [0.2, 0.25) is 0 Å². The van der Waals surface area contributed by atoms with Gasteiger partial charge < -0.3 is 9.64 Å². The monoisotopic (exact) mass is 346 g/mol. The first kappa shape index (κ1) is 16.4. The summed E-state index contributed by atoms with van der Waals surface area (Å²) < 4.78 is 19.0. The van der Waals surface area contributed by atoms with Crippen LogP contribution in [0.1, 0.15) is 44.1 Å². The predicted octanol–water partition coefficient (Wildman–Crippen LogP) is 3.46. The van der Waals surface area contributed by atoms with E-state index in [-0.39, 0.29) is 17.8 Å². The van der Waals surface area contributed by atoms with E-state index < -0.39 is 6.09 Å². The molecule has 0 radical (unpaired) electrons. The number of hydrogen-bond donors (Lipinski definition) is 0. The summed E-state index contributed by atoms with van der Waals surface area (Å²) in [5.41, 5.74) is 1.33. The summed E-state index contributed by atoms with van der Waals surface area (Å²) >= 11 is 0. The van der Waals surface area contributed by atoms with Gasteiger partial charge in [-0.25, -0.2) is 9.18 Å². The molecule has 3 aliphatic rings. The van der Waals surface area contributed by atoms with Gasteiger partial charge in [-0.05, 0) is 42.9 Å². The summed E-state index contributed by atoms with van der Waals surface area (Å²) in [6.45, 7) is 1.30. The summed E-state index contributed by atoms with van der Waals surface area (Å²) in [5.74, 6) is 0.279. The highest BCUT2D eigenvalue weighted by Crippen LogP contribution is 2.33. The zero-order chi connectivity index (χ0) is 17.4. The summed E-state index contributed by atoms with van der Waals surface area (Å²) in [6, 6.07) is 4.29. The molecule has 2 heterocycles. The van der Waals surface area contributed by atoms with Crippen molar-refractivity contribution in [1.29, 1.82) is 0 Å². The Morgan fingerprint density at radius 1 is 1.24 bits per heavy atom. The number of carbonyl (C=O) groups is 2. The summed E-state index contributed by atoms with van der Waals surface area (Å²) in [6.07, 6.45) is 5.54. The van der Waals surface area contributed by atoms with Gasteiger partial charge in [0.25, 0.3) is 0 Å². The van der Waals surface area contributed by atoms with E-state index in [1.165, 1.54) is 25.0 Å². The smallest absolute Gasteiger partial charge is 0.414 e. The number of ether oxygens (including phenoxy) is 1. The van der Waals surface area contributed by atoms with Crippen molar-refractivity contribution >= 4 is 17.7 Å². The molecule has 1 saturated heterocycles. The van der Waals surface area contributed by atoms with Crippen LogP contribution in [0.3, 0.4) is 0 Å². The van der Waals surface area contributed by atoms with Crippen molar-refractivity contribution in [2.75, 3.05) is 18.1 Å². The third-order valence-corrected chi connectivity index (χ3v) is 5.65. The molecule has 25 heavy (non-hydrogen) atoms. The lowest BCUT2D eigenvalue weighted by molar-refractivity contribution is -0.133. The minimum Gasteiger partial charge on any atom is -0.447 e. The number of nitrogens with zero attached hydrogens (tertiary/aromatic N) is 2. The van der Waals surface area contributed by atoms with Gasteiger partial charge in [0.15, 0.2) is 0 Å². The topological polar surface area (TPSA) is 49.9 Å². The molecule has 5 nitrogen and oxygen atoms in total. The molecule has 0 N–H and O–H groups in total. The Labute approximate surface area is 146 Å². The molecule has 1 aromatic rings. The average Bonchev–Trinajstić information content (AvgIpc) is 3.20. The molecule has 2 amide bonds. The number of hydrogen-bond acceptors (Lipinski definition) is 3. The van der Waals surface area contributed by atoms with Gasteiger partial charge in [0, 0.05) is 19.5 Å². The molecule has 2 fully saturated rings. The molecule has 1 aliphatic carbocycles. The van der Waals surface area contributed by atoms with E-state index in [4.69, 9.17) is 4.74 Å². The SMILES string of the molecule is O=C(CC1CCCC1)N1CCC2COC(=O)N2c2cc(F)ccc2C1. The maximum atomic E-state index is 13.8. The van der Waals surface area contributed by atoms with Gasteiger partial charge in [-0.1, -0.05) is 18.9 Å². The molecule has 1 atom stereocenters. The molecule has 4 rings (SSSR count). The largest absolute Gasteiger partial charge is 0.447 e. The minimum atomic E-state index is -0.428. The number of anilines is 1. The molecular weight excluding hydrogens is 323 g/mol. The van der Waals surface area contributed by atoms with Crippen LogP contribution >= 0.6 is 0 Å². The molecule has 0 aromatic heterocycles. The first-order chi connectivity index (χ1) is 12.1. The van der Waals surface area contributed by atoms with E-state index in [2.05, 4.69) is 0 Å². The number of rotatable bonds is 2. The maximum absolute atomic E-state index is 13.8. The van der Waals surface area contributed by atoms with Crippen LogP contribution in [0.4, 0.5) is 14.9 Å². The molecular formula is C19H23FN2O3. The molecule has 134 valence electrons. The highest BCUT2D eigenvalue weighted by Gasteiger charge is 2.38. The summed E-state index contributed by atoms with van der Waals surface area (Å²) in [5, 5.41) is 0. The van der Waals surface area contributed by atoms with Gasteiger partial charge in [-0.15, -0.1) is 0 Å². The van der Waals surface area contributed by atoms with Gasteiger partial charge in [0.2, 0.25) is 5.91 Å². The first-order valence-corrected chi connectivity index (χ1v) is 9.14. The Kier molecular flexibility index (Phi) is 4.36. The number of halogens is 1. The number of cyclic esters (lactones) is 1. The van der Waals surface area contributed by atoms with E-state index >= 15 is 0 Å². The van der Waals surface area contributed by atoms with Gasteiger partial charge in [0.1, 0.15) is 12.4 Å². The fraction of sp³-hybridized carbons (Fsp3) is 0.579. The zero-order valence-corrected chi connectivity index (χ0v) is 14.2. The van der Waals surface area contributed by atoms with Crippen LogP contribution in [0, 0.1) is 11.7 Å². The van der Waals surface area contributed by atoms with Crippen molar-refractivity contribution in [2.24, 2.45) is 5.92 Å². The first-order valence-electron chi connectivity index (χ1n) is 9.14. The summed E-state index contributed by atoms with van der Waals surface area (Å²) in [4.78, 5) is 28.3. The van der Waals surface area contributed by atoms with Gasteiger partial charge >= 0.3 is 6.09 Å². The van der Waals surface area contributed by atoms with Crippen molar-refractivity contribution in [1.82, 2.24) is 4.90 Å². The highest BCUT2D eigenvalue weighted by molar-refractivity contribution is 5.91. The molecule has 1 unspecified atom stereocenters. The Hall–Kier alpha value is -2.11. The number of carbonyl (C=O) groups excluding carboxylic acids is 2. The second-order valence-corrected chi connectivity index (χ2v) is 7.33. The Morgan fingerprint density at radius 3 is 2.84 bits per heavy atom. The van der Waals surface area contributed by atoms with Gasteiger partial charge in [-0.2, -0.15) is 0 Å². The van der Waals surface area contributed by atoms with E-state index in [0.29, 0.717) is 44.1 Å². The van der Waals surface area contributed by atoms with Crippen molar-refractivity contribution in [3.63, 3.8) is 0 Å². The van der Waals surface area contributed by atoms with Crippen LogP contribution in [0.25, 0.3) is 0 Å². The van der Waals surface area contributed by atoms with Gasteiger partial charge in [-0.3, -0.25) is 9.69 Å². The second-order valence-electron chi connectivity index (χ2n) is 7.33. The fourth-order valence-electron chi connectivity index (χ4n) is 4.26. The number of amides is 2. The molecule has 1 saturated carbocycles. The van der Waals surface area contributed by atoms with Gasteiger partial charge in [0.05, 0.1) is 11.7 Å². The number of benzene rings is 1. The Bertz CT molecular complexity index is 687. The maximum Gasteiger partial charge on any atom is 0.414 e. The third kappa shape index (κ3) is 3.22. The second kappa shape index (κ2) is 6.65. The number of fused-ring (bicyclic) bond motifs is 3. The standard InChI is InChI=1S/C19H23FN2O3/c20-15-6-5-14-11-21(18(23)9-13-3-1-2-4-13)8-7-16-12-25-19(24)22(16)17(14)10-15/h5-6,10,13,16H,1-4,7-9,11-12H2. The van der Waals surface area contributed by atoms with Crippen LogP contribution < -0.4 is 4.90 Å². The molecule has 0 bridgehead atoms. The zero-order valence-electron chi connectivity index (χ0n) is 14.2. The molecule has 2 aliphatic heterocycles. The van der Waals surface area contributed by atoms with E-state index in [1.54, 1.807) is 11.0 Å². The van der Waals surface area contributed by atoms with Crippen molar-refractivity contribution in [2.45, 2.75) is 51.1 Å². The van der Waals surface area contributed by atoms with Crippen LogP contribution in [0.15, 0.2) is 18.2 Å². The van der Waals surface area contributed by atoms with Crippen molar-refractivity contribution in [3.8, 4) is 0 Å². The third-order valence-electron chi connectivity index (χ3n) is 5.65. The lowest BCUT2D eigenvalue weighted by Crippen LogP contribution is -2.42. The molecule has 0 spiro atoms. The lowest BCUT2D eigenvalue weighted by Gasteiger charge is -2.32. The van der Waals surface area contributed by atoms with E-state index in [9.17, 15) is 14.0 Å². The molecule has 6 heteroatoms. The highest BCUT2D eigenvalue weighted by atomic mass is 19.1.